The van der Waals surface area contributed by atoms with Crippen molar-refractivity contribution in [3.63, 3.8) is 0 Å². The molecule has 1 aromatic carbocycles. The Kier molecular flexibility index (Phi) is 4.91. The Morgan fingerprint density at radius 1 is 1.29 bits per heavy atom. The lowest BCUT2D eigenvalue weighted by molar-refractivity contribution is -0.151. The fraction of sp³-hybridized carbons (Fsp3) is 0.300. The van der Waals surface area contributed by atoms with Crippen LogP contribution in [0.5, 0.6) is 5.75 Å². The van der Waals surface area contributed by atoms with Crippen molar-refractivity contribution in [3.05, 3.63) is 59.2 Å². The van der Waals surface area contributed by atoms with Gasteiger partial charge in [-0.1, -0.05) is 12.1 Å². The number of rotatable bonds is 5. The fourth-order valence-electron chi connectivity index (χ4n) is 3.23. The number of benzene rings is 1. The topological polar surface area (TPSA) is 95.0 Å². The van der Waals surface area contributed by atoms with Crippen LogP contribution < -0.4 is 10.5 Å². The van der Waals surface area contributed by atoms with E-state index in [0.717, 1.165) is 17.1 Å². The molecule has 7 nitrogen and oxygen atoms in total. The third-order valence-electron chi connectivity index (χ3n) is 4.77. The van der Waals surface area contributed by atoms with Gasteiger partial charge in [0.25, 0.3) is 0 Å². The molecule has 0 saturated carbocycles. The molecule has 1 saturated heterocycles. The van der Waals surface area contributed by atoms with Crippen molar-refractivity contribution >= 4 is 29.2 Å². The van der Waals surface area contributed by atoms with Crippen molar-refractivity contribution in [3.8, 4) is 5.75 Å². The number of amides is 1. The lowest BCUT2D eigenvalue weighted by Crippen LogP contribution is -2.68. The van der Waals surface area contributed by atoms with Gasteiger partial charge in [0.05, 0.1) is 7.11 Å². The molecule has 2 atom stereocenters. The van der Waals surface area contributed by atoms with Gasteiger partial charge in [0.2, 0.25) is 5.91 Å². The second kappa shape index (κ2) is 7.37. The van der Waals surface area contributed by atoms with Gasteiger partial charge in [-0.15, -0.1) is 11.8 Å². The standard InChI is InChI=1S/C20H20N2O5S/c1-11-3-8-15(27-11)14-10-28-19-16(21)18(23)22(19)17(14)20(24)26-9-12-4-6-13(25-2)7-5-12/h3-8,16,19H,9-10,21H2,1-2H3/t16-,19-/m0/s1. The zero-order valence-electron chi connectivity index (χ0n) is 15.5. The van der Waals surface area contributed by atoms with Crippen LogP contribution in [0.4, 0.5) is 0 Å². The summed E-state index contributed by atoms with van der Waals surface area (Å²) in [7, 11) is 1.59. The highest BCUT2D eigenvalue weighted by atomic mass is 32.2. The number of furan rings is 1. The van der Waals surface area contributed by atoms with Gasteiger partial charge < -0.3 is 19.6 Å². The normalized spacial score (nSPS) is 21.2. The summed E-state index contributed by atoms with van der Waals surface area (Å²) in [6.07, 6.45) is 0. The second-order valence-corrected chi connectivity index (χ2v) is 7.70. The van der Waals surface area contributed by atoms with Crippen molar-refractivity contribution in [2.75, 3.05) is 12.9 Å². The van der Waals surface area contributed by atoms with Crippen molar-refractivity contribution in [1.82, 2.24) is 4.90 Å². The smallest absolute Gasteiger partial charge is 0.355 e. The first-order valence-corrected chi connectivity index (χ1v) is 9.84. The van der Waals surface area contributed by atoms with E-state index in [1.54, 1.807) is 25.3 Å². The maximum absolute atomic E-state index is 12.9. The number of hydrogen-bond acceptors (Lipinski definition) is 7. The van der Waals surface area contributed by atoms with Crippen LogP contribution >= 0.6 is 11.8 Å². The van der Waals surface area contributed by atoms with Gasteiger partial charge in [0.15, 0.2) is 0 Å². The Bertz CT molecular complexity index is 950. The second-order valence-electron chi connectivity index (χ2n) is 6.60. The molecule has 0 radical (unpaired) electrons. The molecular formula is C20H20N2O5S. The fourth-order valence-corrected chi connectivity index (χ4v) is 4.53. The molecule has 0 spiro atoms. The highest BCUT2D eigenvalue weighted by Gasteiger charge is 2.52. The Morgan fingerprint density at radius 2 is 2.04 bits per heavy atom. The molecule has 2 N–H and O–H groups in total. The average molecular weight is 400 g/mol. The van der Waals surface area contributed by atoms with Gasteiger partial charge in [-0.05, 0) is 36.8 Å². The number of thioether (sulfide) groups is 1. The third kappa shape index (κ3) is 3.18. The van der Waals surface area contributed by atoms with Crippen molar-refractivity contribution in [2.45, 2.75) is 24.9 Å². The maximum atomic E-state index is 12.9. The maximum Gasteiger partial charge on any atom is 0.355 e. The largest absolute Gasteiger partial charge is 0.497 e. The number of β-lactam (4-membered cyclic amide) rings is 1. The summed E-state index contributed by atoms with van der Waals surface area (Å²) >= 11 is 1.52. The van der Waals surface area contributed by atoms with E-state index in [0.29, 0.717) is 17.1 Å². The van der Waals surface area contributed by atoms with Crippen LogP contribution in [0.3, 0.4) is 0 Å². The summed E-state index contributed by atoms with van der Waals surface area (Å²) < 4.78 is 16.3. The minimum absolute atomic E-state index is 0.0860. The molecule has 2 aliphatic heterocycles. The Morgan fingerprint density at radius 3 is 2.68 bits per heavy atom. The predicted octanol–water partition coefficient (Wildman–Crippen LogP) is 2.29. The molecular weight excluding hydrogens is 380 g/mol. The van der Waals surface area contributed by atoms with E-state index in [-0.39, 0.29) is 23.6 Å². The van der Waals surface area contributed by atoms with Crippen LogP contribution in [0.1, 0.15) is 17.1 Å². The molecule has 1 amide bonds. The molecule has 1 aromatic heterocycles. The van der Waals surface area contributed by atoms with Crippen LogP contribution in [0.25, 0.3) is 5.57 Å². The molecule has 0 unspecified atom stereocenters. The molecule has 4 rings (SSSR count). The summed E-state index contributed by atoms with van der Waals surface area (Å²) in [6, 6.07) is 10.3. The lowest BCUT2D eigenvalue weighted by atomic mass is 10.0. The van der Waals surface area contributed by atoms with Crippen molar-refractivity contribution in [1.29, 1.82) is 0 Å². The van der Waals surface area contributed by atoms with Crippen LogP contribution in [0, 0.1) is 6.92 Å². The van der Waals surface area contributed by atoms with E-state index in [2.05, 4.69) is 0 Å². The summed E-state index contributed by atoms with van der Waals surface area (Å²) in [5.74, 6) is 1.68. The van der Waals surface area contributed by atoms with Gasteiger partial charge in [-0.25, -0.2) is 4.79 Å². The van der Waals surface area contributed by atoms with Gasteiger partial charge in [-0.2, -0.15) is 0 Å². The first kappa shape index (κ1) is 18.6. The zero-order chi connectivity index (χ0) is 19.8. The van der Waals surface area contributed by atoms with Crippen LogP contribution in [0.15, 0.2) is 46.5 Å². The molecule has 0 aliphatic carbocycles. The number of esters is 1. The minimum atomic E-state index is -0.603. The number of aryl methyl sites for hydroxylation is 1. The predicted molar refractivity (Wildman–Crippen MR) is 104 cm³/mol. The quantitative estimate of drug-likeness (QED) is 0.608. The first-order chi connectivity index (χ1) is 13.5. The van der Waals surface area contributed by atoms with Gasteiger partial charge >= 0.3 is 5.97 Å². The Hall–Kier alpha value is -2.71. The van der Waals surface area contributed by atoms with E-state index in [4.69, 9.17) is 19.6 Å². The van der Waals surface area contributed by atoms with E-state index < -0.39 is 12.0 Å². The summed E-state index contributed by atoms with van der Waals surface area (Å²) in [4.78, 5) is 26.7. The van der Waals surface area contributed by atoms with Gasteiger partial charge in [-0.3, -0.25) is 9.69 Å². The minimum Gasteiger partial charge on any atom is -0.497 e. The van der Waals surface area contributed by atoms with E-state index in [1.165, 1.54) is 16.7 Å². The van der Waals surface area contributed by atoms with Crippen LogP contribution in [0.2, 0.25) is 0 Å². The number of carbonyl (C=O) groups is 2. The number of ether oxygens (including phenoxy) is 2. The molecule has 2 aliphatic rings. The lowest BCUT2D eigenvalue weighted by Gasteiger charge is -2.48. The highest BCUT2D eigenvalue weighted by Crippen LogP contribution is 2.43. The summed E-state index contributed by atoms with van der Waals surface area (Å²) in [6.45, 7) is 1.91. The number of nitrogens with zero attached hydrogens (tertiary/aromatic N) is 1. The molecule has 28 heavy (non-hydrogen) atoms. The molecule has 1 fully saturated rings. The number of fused-ring (bicyclic) bond motifs is 1. The zero-order valence-corrected chi connectivity index (χ0v) is 16.3. The highest BCUT2D eigenvalue weighted by molar-refractivity contribution is 8.00. The third-order valence-corrected chi connectivity index (χ3v) is 6.07. The van der Waals surface area contributed by atoms with Crippen molar-refractivity contribution in [2.24, 2.45) is 5.73 Å². The molecule has 8 heteroatoms. The molecule has 3 heterocycles. The van der Waals surface area contributed by atoms with E-state index in [1.807, 2.05) is 25.1 Å². The number of carbonyl (C=O) groups excluding carboxylic acids is 2. The van der Waals surface area contributed by atoms with E-state index >= 15 is 0 Å². The number of hydrogen-bond donors (Lipinski definition) is 1. The average Bonchev–Trinajstić information content (AvgIpc) is 3.16. The SMILES string of the molecule is COc1ccc(COC(=O)C2=C(c3ccc(C)o3)CS[C@H]3[C@@H](N)C(=O)N23)cc1. The molecule has 2 aromatic rings. The van der Waals surface area contributed by atoms with Crippen LogP contribution in [-0.2, 0) is 20.9 Å². The number of nitrogens with two attached hydrogens (primary N) is 1. The van der Waals surface area contributed by atoms with E-state index in [9.17, 15) is 9.59 Å². The first-order valence-electron chi connectivity index (χ1n) is 8.80. The van der Waals surface area contributed by atoms with Gasteiger partial charge in [0.1, 0.15) is 41.0 Å². The molecule has 0 bridgehead atoms. The Balaban J connectivity index is 1.60. The number of methoxy groups -OCH3 is 1. The van der Waals surface area contributed by atoms with Crippen molar-refractivity contribution < 1.29 is 23.5 Å². The monoisotopic (exact) mass is 400 g/mol. The van der Waals surface area contributed by atoms with Crippen LogP contribution in [-0.4, -0.2) is 41.1 Å². The summed E-state index contributed by atoms with van der Waals surface area (Å²) in [5, 5.41) is -0.254. The Labute approximate surface area is 166 Å². The van der Waals surface area contributed by atoms with Gasteiger partial charge in [0, 0.05) is 11.3 Å². The molecule has 146 valence electrons. The summed E-state index contributed by atoms with van der Waals surface area (Å²) in [5.41, 5.74) is 7.58.